The number of benzene rings is 1. The molecule has 1 N–H and O–H groups in total. The van der Waals surface area contributed by atoms with Crippen molar-refractivity contribution in [2.45, 2.75) is 26.3 Å². The summed E-state index contributed by atoms with van der Waals surface area (Å²) in [6, 6.07) is 11.9. The Balaban J connectivity index is 2.17. The smallest absolute Gasteiger partial charge is 0.295 e. The number of ketones is 1. The SMILES string of the molecule is CCCN1C(=O)C(=O)/C(=C(\O)c2ccc(C)cc2)C1c1ccccn1. The third-order valence-corrected chi connectivity index (χ3v) is 4.30. The van der Waals surface area contributed by atoms with Crippen LogP contribution >= 0.6 is 0 Å². The van der Waals surface area contributed by atoms with Gasteiger partial charge >= 0.3 is 0 Å². The maximum atomic E-state index is 12.6. The summed E-state index contributed by atoms with van der Waals surface area (Å²) in [6.45, 7) is 4.31. The molecule has 2 aromatic rings. The van der Waals surface area contributed by atoms with Gasteiger partial charge in [-0.15, -0.1) is 0 Å². The zero-order valence-electron chi connectivity index (χ0n) is 14.3. The highest BCUT2D eigenvalue weighted by molar-refractivity contribution is 6.46. The van der Waals surface area contributed by atoms with E-state index in [1.54, 1.807) is 36.5 Å². The van der Waals surface area contributed by atoms with Crippen molar-refractivity contribution in [2.24, 2.45) is 0 Å². The van der Waals surface area contributed by atoms with E-state index in [9.17, 15) is 14.7 Å². The number of aliphatic hydroxyl groups excluding tert-OH is 1. The largest absolute Gasteiger partial charge is 0.507 e. The van der Waals surface area contributed by atoms with Crippen molar-refractivity contribution in [1.29, 1.82) is 0 Å². The molecule has 1 aromatic carbocycles. The first kappa shape index (κ1) is 16.9. The molecule has 1 unspecified atom stereocenters. The molecule has 2 heterocycles. The van der Waals surface area contributed by atoms with Crippen LogP contribution in [0.5, 0.6) is 0 Å². The van der Waals surface area contributed by atoms with Gasteiger partial charge in [-0.25, -0.2) is 0 Å². The predicted octanol–water partition coefficient (Wildman–Crippen LogP) is 3.22. The Morgan fingerprint density at radius 3 is 2.48 bits per heavy atom. The summed E-state index contributed by atoms with van der Waals surface area (Å²) < 4.78 is 0. The molecule has 1 atom stereocenters. The lowest BCUT2D eigenvalue weighted by Crippen LogP contribution is -2.30. The molecule has 0 aliphatic carbocycles. The maximum absolute atomic E-state index is 12.6. The Hall–Kier alpha value is -2.95. The highest BCUT2D eigenvalue weighted by atomic mass is 16.3. The second-order valence-corrected chi connectivity index (χ2v) is 6.11. The van der Waals surface area contributed by atoms with Crippen LogP contribution in [-0.2, 0) is 9.59 Å². The average Bonchev–Trinajstić information content (AvgIpc) is 2.88. The van der Waals surface area contributed by atoms with E-state index in [1.165, 1.54) is 4.90 Å². The molecule has 3 rings (SSSR count). The van der Waals surface area contributed by atoms with Crippen molar-refractivity contribution in [1.82, 2.24) is 9.88 Å². The third-order valence-electron chi connectivity index (χ3n) is 4.30. The van der Waals surface area contributed by atoms with Gasteiger partial charge < -0.3 is 10.0 Å². The predicted molar refractivity (Wildman–Crippen MR) is 94.7 cm³/mol. The third kappa shape index (κ3) is 3.05. The molecule has 1 aliphatic heterocycles. The minimum Gasteiger partial charge on any atom is -0.507 e. The van der Waals surface area contributed by atoms with E-state index < -0.39 is 17.7 Å². The fraction of sp³-hybridized carbons (Fsp3) is 0.250. The molecule has 0 bridgehead atoms. The molecule has 5 heteroatoms. The van der Waals surface area contributed by atoms with Gasteiger partial charge in [0.2, 0.25) is 0 Å². The van der Waals surface area contributed by atoms with Crippen LogP contribution in [0.15, 0.2) is 54.2 Å². The molecule has 1 saturated heterocycles. The van der Waals surface area contributed by atoms with Crippen molar-refractivity contribution < 1.29 is 14.7 Å². The molecule has 1 aromatic heterocycles. The number of amides is 1. The van der Waals surface area contributed by atoms with E-state index in [0.717, 1.165) is 5.56 Å². The number of Topliss-reactive ketones (excluding diaryl/α,β-unsaturated/α-hetero) is 1. The van der Waals surface area contributed by atoms with Gasteiger partial charge in [-0.3, -0.25) is 14.6 Å². The van der Waals surface area contributed by atoms with Crippen molar-refractivity contribution >= 4 is 17.4 Å². The van der Waals surface area contributed by atoms with Crippen molar-refractivity contribution in [3.8, 4) is 0 Å². The number of hydrogen-bond donors (Lipinski definition) is 1. The standard InChI is InChI=1S/C20H20N2O3/c1-3-12-22-17(15-6-4-5-11-21-15)16(19(24)20(22)25)18(23)14-9-7-13(2)8-10-14/h4-11,17,23H,3,12H2,1-2H3/b18-16-. The van der Waals surface area contributed by atoms with Crippen molar-refractivity contribution in [3.63, 3.8) is 0 Å². The highest BCUT2D eigenvalue weighted by Crippen LogP contribution is 2.38. The van der Waals surface area contributed by atoms with Gasteiger partial charge in [0.15, 0.2) is 0 Å². The summed E-state index contributed by atoms with van der Waals surface area (Å²) in [4.78, 5) is 30.9. The zero-order chi connectivity index (χ0) is 18.0. The summed E-state index contributed by atoms with van der Waals surface area (Å²) >= 11 is 0. The van der Waals surface area contributed by atoms with Gasteiger partial charge in [0, 0.05) is 18.3 Å². The second-order valence-electron chi connectivity index (χ2n) is 6.11. The van der Waals surface area contributed by atoms with Gasteiger partial charge in [0.25, 0.3) is 11.7 Å². The fourth-order valence-corrected chi connectivity index (χ4v) is 3.06. The Labute approximate surface area is 146 Å². The maximum Gasteiger partial charge on any atom is 0.295 e. The summed E-state index contributed by atoms with van der Waals surface area (Å²) in [6.07, 6.45) is 2.33. The topological polar surface area (TPSA) is 70.5 Å². The molecule has 0 radical (unpaired) electrons. The lowest BCUT2D eigenvalue weighted by molar-refractivity contribution is -0.139. The van der Waals surface area contributed by atoms with Crippen molar-refractivity contribution in [3.05, 3.63) is 71.1 Å². The first-order valence-electron chi connectivity index (χ1n) is 8.31. The molecular formula is C20H20N2O3. The first-order valence-corrected chi connectivity index (χ1v) is 8.31. The molecule has 1 amide bonds. The minimum atomic E-state index is -0.665. The summed E-state index contributed by atoms with van der Waals surface area (Å²) in [5.41, 5.74) is 2.23. The average molecular weight is 336 g/mol. The number of hydrogen-bond acceptors (Lipinski definition) is 4. The van der Waals surface area contributed by atoms with Crippen LogP contribution in [0.4, 0.5) is 0 Å². The van der Waals surface area contributed by atoms with Crippen LogP contribution in [0.1, 0.15) is 36.2 Å². The number of carbonyl (C=O) groups excluding carboxylic acids is 2. The lowest BCUT2D eigenvalue weighted by atomic mass is 9.98. The van der Waals surface area contributed by atoms with Crippen molar-refractivity contribution in [2.75, 3.05) is 6.54 Å². The number of rotatable bonds is 4. The van der Waals surface area contributed by atoms with E-state index >= 15 is 0 Å². The molecule has 0 spiro atoms. The summed E-state index contributed by atoms with van der Waals surface area (Å²) in [7, 11) is 0. The van der Waals surface area contributed by atoms with Crippen LogP contribution in [0.25, 0.3) is 5.76 Å². The number of carbonyl (C=O) groups is 2. The number of aromatic nitrogens is 1. The van der Waals surface area contributed by atoms with E-state index in [1.807, 2.05) is 26.0 Å². The van der Waals surface area contributed by atoms with Gasteiger partial charge in [0.05, 0.1) is 11.3 Å². The van der Waals surface area contributed by atoms with Crippen LogP contribution in [0.2, 0.25) is 0 Å². The van der Waals surface area contributed by atoms with Crippen LogP contribution in [0, 0.1) is 6.92 Å². The highest BCUT2D eigenvalue weighted by Gasteiger charge is 2.46. The Morgan fingerprint density at radius 2 is 1.88 bits per heavy atom. The number of nitrogens with zero attached hydrogens (tertiary/aromatic N) is 2. The molecule has 25 heavy (non-hydrogen) atoms. The number of likely N-dealkylation sites (tertiary alicyclic amines) is 1. The van der Waals surface area contributed by atoms with Gasteiger partial charge in [0.1, 0.15) is 11.8 Å². The first-order chi connectivity index (χ1) is 12.0. The van der Waals surface area contributed by atoms with Crippen LogP contribution in [-0.4, -0.2) is 33.2 Å². The van der Waals surface area contributed by atoms with Gasteiger partial charge in [-0.1, -0.05) is 42.8 Å². The summed E-state index contributed by atoms with van der Waals surface area (Å²) in [5.74, 6) is -1.42. The van der Waals surface area contributed by atoms with Gasteiger partial charge in [-0.05, 0) is 25.5 Å². The second kappa shape index (κ2) is 6.89. The molecule has 1 fully saturated rings. The lowest BCUT2D eigenvalue weighted by Gasteiger charge is -2.23. The normalized spacial score (nSPS) is 19.4. The van der Waals surface area contributed by atoms with E-state index in [4.69, 9.17) is 0 Å². The van der Waals surface area contributed by atoms with Crippen LogP contribution in [0.3, 0.4) is 0 Å². The van der Waals surface area contributed by atoms with E-state index in [-0.39, 0.29) is 11.3 Å². The molecule has 5 nitrogen and oxygen atoms in total. The van der Waals surface area contributed by atoms with E-state index in [0.29, 0.717) is 24.2 Å². The number of aliphatic hydroxyl groups is 1. The molecular weight excluding hydrogens is 316 g/mol. The Morgan fingerprint density at radius 1 is 1.16 bits per heavy atom. The van der Waals surface area contributed by atoms with Crippen LogP contribution < -0.4 is 0 Å². The zero-order valence-corrected chi connectivity index (χ0v) is 14.3. The Kier molecular flexibility index (Phi) is 4.65. The fourth-order valence-electron chi connectivity index (χ4n) is 3.06. The molecule has 128 valence electrons. The monoisotopic (exact) mass is 336 g/mol. The Bertz CT molecular complexity index is 826. The number of pyridine rings is 1. The minimum absolute atomic E-state index is 0.0982. The van der Waals surface area contributed by atoms with Gasteiger partial charge in [-0.2, -0.15) is 0 Å². The van der Waals surface area contributed by atoms with E-state index in [2.05, 4.69) is 4.98 Å². The quantitative estimate of drug-likeness (QED) is 0.529. The molecule has 0 saturated carbocycles. The summed E-state index contributed by atoms with van der Waals surface area (Å²) in [5, 5.41) is 10.8. The molecule has 1 aliphatic rings. The number of aryl methyl sites for hydroxylation is 1.